The lowest BCUT2D eigenvalue weighted by molar-refractivity contribution is 0.286. The fraction of sp³-hybridized carbons (Fsp3) is 0.400. The molecule has 0 bridgehead atoms. The first kappa shape index (κ1) is 16.5. The Hall–Kier alpha value is -1.52. The van der Waals surface area contributed by atoms with Crippen molar-refractivity contribution in [1.29, 1.82) is 0 Å². The Balaban J connectivity index is 0.00000200. The Kier molecular flexibility index (Phi) is 6.55. The summed E-state index contributed by atoms with van der Waals surface area (Å²) in [6.07, 6.45) is 0.869. The van der Waals surface area contributed by atoms with E-state index < -0.39 is 0 Å². The number of rotatable bonds is 6. The van der Waals surface area contributed by atoms with Gasteiger partial charge in [-0.25, -0.2) is 0 Å². The highest BCUT2D eigenvalue weighted by molar-refractivity contribution is 5.85. The highest BCUT2D eigenvalue weighted by Crippen LogP contribution is 2.32. The molecule has 2 rings (SSSR count). The number of hydrogen-bond donors (Lipinski definition) is 1. The summed E-state index contributed by atoms with van der Waals surface area (Å²) < 4.78 is 11.0. The minimum Gasteiger partial charge on any atom is -0.474 e. The van der Waals surface area contributed by atoms with Gasteiger partial charge >= 0.3 is 0 Å². The zero-order valence-corrected chi connectivity index (χ0v) is 12.7. The zero-order valence-electron chi connectivity index (χ0n) is 11.8. The van der Waals surface area contributed by atoms with Gasteiger partial charge in [0.2, 0.25) is 0 Å². The third-order valence-corrected chi connectivity index (χ3v) is 2.76. The van der Waals surface area contributed by atoms with Gasteiger partial charge in [0, 0.05) is 12.1 Å². The van der Waals surface area contributed by atoms with Crippen molar-refractivity contribution in [2.24, 2.45) is 11.7 Å². The van der Waals surface area contributed by atoms with E-state index in [2.05, 4.69) is 19.0 Å². The maximum absolute atomic E-state index is 5.56. The molecule has 5 heteroatoms. The van der Waals surface area contributed by atoms with E-state index in [1.165, 1.54) is 0 Å². The van der Waals surface area contributed by atoms with E-state index in [0.717, 1.165) is 23.3 Å². The van der Waals surface area contributed by atoms with Crippen LogP contribution in [0.2, 0.25) is 0 Å². The highest BCUT2D eigenvalue weighted by atomic mass is 35.5. The van der Waals surface area contributed by atoms with E-state index in [9.17, 15) is 0 Å². The standard InChI is InChI=1S/C15H20N2O2.ClH/c1-11(2)10-13-14(12-6-4-3-5-7-12)19-17-15(13)18-9-8-16;/h3-7,11H,8-10,16H2,1-2H3;1H. The van der Waals surface area contributed by atoms with E-state index >= 15 is 0 Å². The number of nitrogens with two attached hydrogens (primary N) is 1. The highest BCUT2D eigenvalue weighted by Gasteiger charge is 2.19. The molecule has 0 aliphatic carbocycles. The fourth-order valence-electron chi connectivity index (χ4n) is 1.97. The van der Waals surface area contributed by atoms with Crippen molar-refractivity contribution in [2.45, 2.75) is 20.3 Å². The van der Waals surface area contributed by atoms with Gasteiger partial charge in [-0.15, -0.1) is 12.4 Å². The van der Waals surface area contributed by atoms with Crippen LogP contribution in [-0.2, 0) is 6.42 Å². The third kappa shape index (κ3) is 3.99. The third-order valence-electron chi connectivity index (χ3n) is 2.76. The molecule has 1 heterocycles. The van der Waals surface area contributed by atoms with Gasteiger partial charge in [0.25, 0.3) is 5.88 Å². The molecule has 0 amide bonds. The molecule has 110 valence electrons. The van der Waals surface area contributed by atoms with Crippen molar-refractivity contribution in [3.8, 4) is 17.2 Å². The molecule has 0 unspecified atom stereocenters. The van der Waals surface area contributed by atoms with Gasteiger partial charge < -0.3 is 15.0 Å². The number of aromatic nitrogens is 1. The summed E-state index contributed by atoms with van der Waals surface area (Å²) in [6, 6.07) is 9.97. The second-order valence-corrected chi connectivity index (χ2v) is 4.90. The van der Waals surface area contributed by atoms with Gasteiger partial charge in [-0.3, -0.25) is 0 Å². The van der Waals surface area contributed by atoms with Crippen LogP contribution in [0.1, 0.15) is 19.4 Å². The number of halogens is 1. The molecule has 0 aliphatic heterocycles. The smallest absolute Gasteiger partial charge is 0.258 e. The van der Waals surface area contributed by atoms with Crippen LogP contribution in [0.15, 0.2) is 34.9 Å². The molecule has 2 aromatic rings. The van der Waals surface area contributed by atoms with E-state index in [4.69, 9.17) is 15.0 Å². The van der Waals surface area contributed by atoms with Crippen molar-refractivity contribution in [3.63, 3.8) is 0 Å². The number of ether oxygens (including phenoxy) is 1. The van der Waals surface area contributed by atoms with Gasteiger partial charge in [0.15, 0.2) is 5.76 Å². The summed E-state index contributed by atoms with van der Waals surface area (Å²) >= 11 is 0. The molecule has 0 saturated heterocycles. The summed E-state index contributed by atoms with van der Waals surface area (Å²) in [4.78, 5) is 0. The Morgan fingerprint density at radius 2 is 1.95 bits per heavy atom. The summed E-state index contributed by atoms with van der Waals surface area (Å²) in [5.41, 5.74) is 7.51. The summed E-state index contributed by atoms with van der Waals surface area (Å²) in [7, 11) is 0. The number of benzene rings is 1. The van der Waals surface area contributed by atoms with Crippen molar-refractivity contribution in [3.05, 3.63) is 35.9 Å². The van der Waals surface area contributed by atoms with Crippen LogP contribution in [0, 0.1) is 5.92 Å². The Labute approximate surface area is 125 Å². The summed E-state index contributed by atoms with van der Waals surface area (Å²) in [5.74, 6) is 1.86. The van der Waals surface area contributed by atoms with Gasteiger partial charge in [0.05, 0.1) is 5.56 Å². The summed E-state index contributed by atoms with van der Waals surface area (Å²) in [5, 5.41) is 4.03. The molecule has 4 nitrogen and oxygen atoms in total. The molecule has 0 saturated carbocycles. The Bertz CT molecular complexity index is 512. The zero-order chi connectivity index (χ0) is 13.7. The molecular weight excluding hydrogens is 276 g/mol. The normalized spacial score (nSPS) is 10.4. The molecule has 20 heavy (non-hydrogen) atoms. The first-order valence-electron chi connectivity index (χ1n) is 6.59. The Morgan fingerprint density at radius 3 is 2.55 bits per heavy atom. The van der Waals surface area contributed by atoms with E-state index in [1.54, 1.807) is 0 Å². The second kappa shape index (κ2) is 7.92. The summed E-state index contributed by atoms with van der Waals surface area (Å²) in [6.45, 7) is 5.24. The molecule has 2 N–H and O–H groups in total. The van der Waals surface area contributed by atoms with E-state index in [1.807, 2.05) is 30.3 Å². The molecular formula is C15H21ClN2O2. The van der Waals surface area contributed by atoms with Gasteiger partial charge in [-0.05, 0) is 17.5 Å². The topological polar surface area (TPSA) is 61.3 Å². The first-order valence-corrected chi connectivity index (χ1v) is 6.59. The average molecular weight is 297 g/mol. The Morgan fingerprint density at radius 1 is 1.25 bits per heavy atom. The van der Waals surface area contributed by atoms with Crippen LogP contribution in [0.4, 0.5) is 0 Å². The lowest BCUT2D eigenvalue weighted by Crippen LogP contribution is -2.11. The van der Waals surface area contributed by atoms with Crippen LogP contribution in [0.3, 0.4) is 0 Å². The molecule has 0 aliphatic rings. The largest absolute Gasteiger partial charge is 0.474 e. The predicted molar refractivity (Wildman–Crippen MR) is 82.3 cm³/mol. The minimum atomic E-state index is 0. The molecule has 1 aromatic heterocycles. The molecule has 0 atom stereocenters. The molecule has 0 fully saturated rings. The quantitative estimate of drug-likeness (QED) is 0.888. The van der Waals surface area contributed by atoms with Crippen molar-refractivity contribution < 1.29 is 9.26 Å². The van der Waals surface area contributed by atoms with Gasteiger partial charge in [-0.1, -0.05) is 44.2 Å². The van der Waals surface area contributed by atoms with Crippen molar-refractivity contribution in [2.75, 3.05) is 13.2 Å². The van der Waals surface area contributed by atoms with E-state index in [-0.39, 0.29) is 12.4 Å². The second-order valence-electron chi connectivity index (χ2n) is 4.90. The van der Waals surface area contributed by atoms with E-state index in [0.29, 0.717) is 24.9 Å². The molecule has 0 radical (unpaired) electrons. The van der Waals surface area contributed by atoms with Crippen LogP contribution < -0.4 is 10.5 Å². The minimum absolute atomic E-state index is 0. The SMILES string of the molecule is CC(C)Cc1c(OCCN)noc1-c1ccccc1.Cl. The number of nitrogens with zero attached hydrogens (tertiary/aromatic N) is 1. The van der Waals surface area contributed by atoms with Crippen LogP contribution in [0.5, 0.6) is 5.88 Å². The lowest BCUT2D eigenvalue weighted by Gasteiger charge is -2.07. The monoisotopic (exact) mass is 296 g/mol. The van der Waals surface area contributed by atoms with Crippen molar-refractivity contribution >= 4 is 12.4 Å². The molecule has 0 spiro atoms. The van der Waals surface area contributed by atoms with Crippen LogP contribution >= 0.6 is 12.4 Å². The van der Waals surface area contributed by atoms with Crippen LogP contribution in [0.25, 0.3) is 11.3 Å². The predicted octanol–water partition coefficient (Wildman–Crippen LogP) is 3.30. The number of hydrogen-bond acceptors (Lipinski definition) is 4. The maximum Gasteiger partial charge on any atom is 0.258 e. The first-order chi connectivity index (χ1) is 9.22. The van der Waals surface area contributed by atoms with Gasteiger partial charge in [0.1, 0.15) is 6.61 Å². The average Bonchev–Trinajstić information content (AvgIpc) is 2.79. The van der Waals surface area contributed by atoms with Gasteiger partial charge in [-0.2, -0.15) is 0 Å². The molecule has 1 aromatic carbocycles. The fourth-order valence-corrected chi connectivity index (χ4v) is 1.97. The maximum atomic E-state index is 5.56. The lowest BCUT2D eigenvalue weighted by atomic mass is 10.0. The van der Waals surface area contributed by atoms with Crippen molar-refractivity contribution in [1.82, 2.24) is 5.16 Å². The van der Waals surface area contributed by atoms with Crippen LogP contribution in [-0.4, -0.2) is 18.3 Å².